The van der Waals surface area contributed by atoms with Crippen molar-refractivity contribution < 1.29 is 9.18 Å². The lowest BCUT2D eigenvalue weighted by Crippen LogP contribution is -2.46. The van der Waals surface area contributed by atoms with E-state index in [4.69, 9.17) is 0 Å². The van der Waals surface area contributed by atoms with Gasteiger partial charge in [-0.05, 0) is 74.5 Å². The van der Waals surface area contributed by atoms with Gasteiger partial charge >= 0.3 is 0 Å². The van der Waals surface area contributed by atoms with Gasteiger partial charge in [0.15, 0.2) is 11.6 Å². The number of carbonyl (C=O) groups excluding carboxylic acids is 1. The third-order valence-corrected chi connectivity index (χ3v) is 6.21. The topological polar surface area (TPSA) is 122 Å². The first-order chi connectivity index (χ1) is 19.1. The molecule has 2 N–H and O–H groups in total. The van der Waals surface area contributed by atoms with Gasteiger partial charge in [0.25, 0.3) is 11.5 Å². The smallest absolute Gasteiger partial charge is 0.293 e. The van der Waals surface area contributed by atoms with Crippen LogP contribution < -0.4 is 15.8 Å². The summed E-state index contributed by atoms with van der Waals surface area (Å²) in [6.07, 6.45) is 1.47. The Morgan fingerprint density at radius 2 is 1.73 bits per heavy atom. The highest BCUT2D eigenvalue weighted by Crippen LogP contribution is 2.34. The Morgan fingerprint density at radius 1 is 1.00 bits per heavy atom. The fourth-order valence-corrected chi connectivity index (χ4v) is 4.32. The predicted molar refractivity (Wildman–Crippen MR) is 151 cm³/mol. The highest BCUT2D eigenvalue weighted by molar-refractivity contribution is 6.07. The summed E-state index contributed by atoms with van der Waals surface area (Å²) in [7, 11) is 1.57. The summed E-state index contributed by atoms with van der Waals surface area (Å²) in [6, 6.07) is 20.6. The first-order valence-electron chi connectivity index (χ1n) is 12.5. The molecule has 0 saturated heterocycles. The number of anilines is 3. The van der Waals surface area contributed by atoms with Gasteiger partial charge in [0.2, 0.25) is 5.82 Å². The highest BCUT2D eigenvalue weighted by Gasteiger charge is 2.32. The lowest BCUT2D eigenvalue weighted by molar-refractivity contribution is 0.0964. The Labute approximate surface area is 229 Å². The van der Waals surface area contributed by atoms with E-state index in [0.717, 1.165) is 5.56 Å². The van der Waals surface area contributed by atoms with Crippen LogP contribution in [0.15, 0.2) is 83.8 Å². The number of benzene rings is 3. The number of hydrogen-bond acceptors (Lipinski definition) is 7. The van der Waals surface area contributed by atoms with E-state index in [9.17, 15) is 9.59 Å². The summed E-state index contributed by atoms with van der Waals surface area (Å²) in [5.74, 6) is -0.495. The number of rotatable bonds is 6. The Morgan fingerprint density at radius 3 is 2.38 bits per heavy atom. The number of aromatic nitrogens is 6. The maximum atomic E-state index is 16.2. The second kappa shape index (κ2) is 10.5. The molecule has 202 valence electrons. The summed E-state index contributed by atoms with van der Waals surface area (Å²) < 4.78 is 17.6. The Kier molecular flexibility index (Phi) is 6.95. The molecule has 5 rings (SSSR count). The molecule has 0 bridgehead atoms. The number of amides is 1. The number of tetrazole rings is 1. The van der Waals surface area contributed by atoms with E-state index < -0.39 is 16.9 Å². The molecule has 0 unspecified atom stereocenters. The van der Waals surface area contributed by atoms with Crippen molar-refractivity contribution in [3.8, 4) is 22.6 Å². The average molecular weight is 539 g/mol. The minimum absolute atomic E-state index is 0.0187. The lowest BCUT2D eigenvalue weighted by Gasteiger charge is -2.36. The fraction of sp³-hybridized carbons (Fsp3) is 0.172. The number of nitrogens with one attached hydrogen (secondary N) is 2. The normalized spacial score (nSPS) is 11.3. The van der Waals surface area contributed by atoms with Gasteiger partial charge in [0.05, 0.1) is 11.4 Å². The fourth-order valence-electron chi connectivity index (χ4n) is 4.32. The number of H-pyrrole nitrogens is 1. The number of hydrogen-bond donors (Lipinski definition) is 2. The molecule has 0 saturated carbocycles. The van der Waals surface area contributed by atoms with E-state index in [1.165, 1.54) is 15.7 Å². The minimum atomic E-state index is -0.732. The van der Waals surface area contributed by atoms with Crippen LogP contribution in [0.25, 0.3) is 22.6 Å². The van der Waals surface area contributed by atoms with Crippen LogP contribution in [0.1, 0.15) is 31.1 Å². The number of carbonyl (C=O) groups is 1. The van der Waals surface area contributed by atoms with Crippen LogP contribution >= 0.6 is 0 Å². The molecule has 2 aromatic heterocycles. The second-order valence-corrected chi connectivity index (χ2v) is 10.1. The molecule has 40 heavy (non-hydrogen) atoms. The molecule has 3 aromatic carbocycles. The van der Waals surface area contributed by atoms with E-state index in [0.29, 0.717) is 17.1 Å². The van der Waals surface area contributed by atoms with Gasteiger partial charge in [-0.15, -0.1) is 10.2 Å². The molecule has 0 aliphatic rings. The number of halogens is 1. The highest BCUT2D eigenvalue weighted by atomic mass is 19.1. The molecule has 5 aromatic rings. The number of nitrogens with zero attached hydrogens (tertiary/aromatic N) is 6. The van der Waals surface area contributed by atoms with Gasteiger partial charge in [-0.1, -0.05) is 24.3 Å². The molecule has 0 spiro atoms. The van der Waals surface area contributed by atoms with Crippen LogP contribution in [0, 0.1) is 5.82 Å². The van der Waals surface area contributed by atoms with E-state index in [-0.39, 0.29) is 28.7 Å². The molecule has 11 heteroatoms. The Hall–Kier alpha value is -5.19. The van der Waals surface area contributed by atoms with Crippen LogP contribution in [0.4, 0.5) is 21.6 Å². The zero-order valence-electron chi connectivity index (χ0n) is 22.4. The van der Waals surface area contributed by atoms with Crippen LogP contribution in [0.3, 0.4) is 0 Å². The van der Waals surface area contributed by atoms with Crippen molar-refractivity contribution in [1.82, 2.24) is 30.2 Å². The number of aromatic amines is 1. The first-order valence-corrected chi connectivity index (χ1v) is 12.5. The van der Waals surface area contributed by atoms with Crippen LogP contribution in [-0.2, 0) is 7.05 Å². The average Bonchev–Trinajstić information content (AvgIpc) is 3.48. The minimum Gasteiger partial charge on any atom is -0.336 e. The first kappa shape index (κ1) is 26.4. The Balaban J connectivity index is 1.52. The van der Waals surface area contributed by atoms with Crippen molar-refractivity contribution in [3.63, 3.8) is 0 Å². The zero-order chi connectivity index (χ0) is 28.4. The van der Waals surface area contributed by atoms with Crippen molar-refractivity contribution in [3.05, 3.63) is 101 Å². The van der Waals surface area contributed by atoms with Crippen LogP contribution in [0.5, 0.6) is 0 Å². The third kappa shape index (κ3) is 5.21. The third-order valence-electron chi connectivity index (χ3n) is 6.21. The van der Waals surface area contributed by atoms with Crippen molar-refractivity contribution in [2.75, 3.05) is 10.2 Å². The maximum Gasteiger partial charge on any atom is 0.293 e. The van der Waals surface area contributed by atoms with Crippen molar-refractivity contribution in [1.29, 1.82) is 0 Å². The summed E-state index contributed by atoms with van der Waals surface area (Å²) in [5, 5.41) is 16.9. The summed E-state index contributed by atoms with van der Waals surface area (Å²) in [4.78, 5) is 32.3. The van der Waals surface area contributed by atoms with E-state index in [1.807, 2.05) is 26.8 Å². The van der Waals surface area contributed by atoms with Crippen molar-refractivity contribution in [2.45, 2.75) is 26.3 Å². The lowest BCUT2D eigenvalue weighted by atomic mass is 10.0. The summed E-state index contributed by atoms with van der Waals surface area (Å²) in [6.45, 7) is 5.53. The van der Waals surface area contributed by atoms with Crippen LogP contribution in [0.2, 0.25) is 0 Å². The molecule has 0 radical (unpaired) electrons. The van der Waals surface area contributed by atoms with Gasteiger partial charge in [-0.2, -0.15) is 5.21 Å². The standard InChI is InChI=1S/C29H27FN8O2/c1-29(2,3)38(27(39)19-9-6-5-7-10-19)23-12-8-11-21(24(23)30)22-17-37(4)28(40)26(32-22)31-20-15-13-18(14-16-20)25-33-35-36-34-25/h5-17H,1-4H3,(H,31,32)(H,33,34,35,36). The quantitative estimate of drug-likeness (QED) is 0.314. The maximum absolute atomic E-state index is 16.2. The van der Waals surface area contributed by atoms with Gasteiger partial charge in [0.1, 0.15) is 0 Å². The van der Waals surface area contributed by atoms with Gasteiger partial charge in [-0.25, -0.2) is 9.37 Å². The van der Waals surface area contributed by atoms with Crippen molar-refractivity contribution in [2.24, 2.45) is 7.05 Å². The summed E-state index contributed by atoms with van der Waals surface area (Å²) in [5.41, 5.74) is 1.14. The monoisotopic (exact) mass is 538 g/mol. The van der Waals surface area contributed by atoms with E-state index >= 15 is 4.39 Å². The van der Waals surface area contributed by atoms with Gasteiger partial charge in [0, 0.05) is 41.2 Å². The molecule has 0 atom stereocenters. The van der Waals surface area contributed by atoms with E-state index in [2.05, 4.69) is 30.9 Å². The molecule has 0 aliphatic heterocycles. The van der Waals surface area contributed by atoms with E-state index in [1.54, 1.807) is 73.8 Å². The van der Waals surface area contributed by atoms with Gasteiger partial charge < -0.3 is 14.8 Å². The molecular formula is C29H27FN8O2. The predicted octanol–water partition coefficient (Wildman–Crippen LogP) is 4.96. The molecular weight excluding hydrogens is 511 g/mol. The molecule has 1 amide bonds. The molecule has 10 nitrogen and oxygen atoms in total. The SMILES string of the molecule is Cn1cc(-c2cccc(N(C(=O)c3ccccc3)C(C)(C)C)c2F)nc(Nc2ccc(-c3nn[nH]n3)cc2)c1=O. The molecule has 2 heterocycles. The Bertz CT molecular complexity index is 1710. The van der Waals surface area contributed by atoms with Crippen LogP contribution in [-0.4, -0.2) is 41.6 Å². The van der Waals surface area contributed by atoms with Gasteiger partial charge in [-0.3, -0.25) is 9.59 Å². The van der Waals surface area contributed by atoms with Crippen molar-refractivity contribution >= 4 is 23.1 Å². The zero-order valence-corrected chi connectivity index (χ0v) is 22.4. The molecule has 0 fully saturated rings. The molecule has 0 aliphatic carbocycles. The largest absolute Gasteiger partial charge is 0.336 e. The summed E-state index contributed by atoms with van der Waals surface area (Å²) >= 11 is 0. The number of aryl methyl sites for hydroxylation is 1. The second-order valence-electron chi connectivity index (χ2n) is 10.1.